The first-order chi connectivity index (χ1) is 8.22. The number of fused-ring (bicyclic) bond motifs is 1. The second-order valence-corrected chi connectivity index (χ2v) is 5.63. The van der Waals surface area contributed by atoms with Crippen molar-refractivity contribution in [3.05, 3.63) is 35.4 Å². The predicted octanol–water partition coefficient (Wildman–Crippen LogP) is 2.66. The molecule has 90 valence electrons. The number of hydrogen-bond acceptors (Lipinski definition) is 1. The van der Waals surface area contributed by atoms with E-state index in [1.165, 1.54) is 17.5 Å². The summed E-state index contributed by atoms with van der Waals surface area (Å²) in [6, 6.07) is 8.32. The fraction of sp³-hybridized carbons (Fsp3) is 0.533. The minimum atomic E-state index is 0.263. The summed E-state index contributed by atoms with van der Waals surface area (Å²) in [6.45, 7) is 2.75. The Kier molecular flexibility index (Phi) is 2.65. The number of benzene rings is 1. The number of hydrogen-bond donors (Lipinski definition) is 1. The monoisotopic (exact) mass is 229 g/mol. The molecule has 1 aromatic carbocycles. The summed E-state index contributed by atoms with van der Waals surface area (Å²) in [5.41, 5.74) is 2.44. The lowest BCUT2D eigenvalue weighted by atomic mass is 10.0. The standard InChI is InChI=1S/C15H19NO/c1-10-3-2-4-11(5-10)9-16-15(17)14-7-12-6-13(12)8-14/h2-5,12-14H,6-9H2,1H3,(H,16,17). The Labute approximate surface area is 102 Å². The number of carbonyl (C=O) groups is 1. The molecule has 2 saturated carbocycles. The highest BCUT2D eigenvalue weighted by Crippen LogP contribution is 2.54. The zero-order chi connectivity index (χ0) is 11.8. The van der Waals surface area contributed by atoms with Gasteiger partial charge in [-0.05, 0) is 43.6 Å². The molecule has 2 atom stereocenters. The molecule has 1 N–H and O–H groups in total. The zero-order valence-electron chi connectivity index (χ0n) is 10.3. The van der Waals surface area contributed by atoms with Crippen molar-refractivity contribution in [2.45, 2.75) is 32.7 Å². The fourth-order valence-electron chi connectivity index (χ4n) is 3.08. The van der Waals surface area contributed by atoms with E-state index >= 15 is 0 Å². The summed E-state index contributed by atoms with van der Waals surface area (Å²) in [6.07, 6.45) is 3.64. The van der Waals surface area contributed by atoms with Crippen LogP contribution in [0.25, 0.3) is 0 Å². The molecule has 2 nitrogen and oxygen atoms in total. The number of amides is 1. The molecular formula is C15H19NO. The molecule has 0 aromatic heterocycles. The van der Waals surface area contributed by atoms with E-state index < -0.39 is 0 Å². The molecule has 0 spiro atoms. The van der Waals surface area contributed by atoms with Crippen LogP contribution < -0.4 is 5.32 Å². The maximum atomic E-state index is 12.0. The Bertz CT molecular complexity index is 430. The molecule has 0 aliphatic heterocycles. The zero-order valence-corrected chi connectivity index (χ0v) is 10.3. The Morgan fingerprint density at radius 3 is 2.76 bits per heavy atom. The van der Waals surface area contributed by atoms with Crippen molar-refractivity contribution in [3.8, 4) is 0 Å². The number of aryl methyl sites for hydroxylation is 1. The minimum absolute atomic E-state index is 0.263. The molecule has 3 rings (SSSR count). The minimum Gasteiger partial charge on any atom is -0.352 e. The molecule has 0 saturated heterocycles. The van der Waals surface area contributed by atoms with Gasteiger partial charge >= 0.3 is 0 Å². The van der Waals surface area contributed by atoms with Crippen molar-refractivity contribution in [1.29, 1.82) is 0 Å². The molecule has 0 radical (unpaired) electrons. The van der Waals surface area contributed by atoms with Gasteiger partial charge in [-0.15, -0.1) is 0 Å². The Morgan fingerprint density at radius 2 is 2.06 bits per heavy atom. The number of rotatable bonds is 3. The highest BCUT2D eigenvalue weighted by Gasteiger charge is 2.47. The average molecular weight is 229 g/mol. The summed E-state index contributed by atoms with van der Waals surface area (Å²) in [4.78, 5) is 12.0. The van der Waals surface area contributed by atoms with Crippen LogP contribution >= 0.6 is 0 Å². The van der Waals surface area contributed by atoms with Gasteiger partial charge in [0.25, 0.3) is 0 Å². The Morgan fingerprint density at radius 1 is 1.29 bits per heavy atom. The maximum Gasteiger partial charge on any atom is 0.223 e. The molecule has 2 unspecified atom stereocenters. The van der Waals surface area contributed by atoms with E-state index in [1.54, 1.807) is 0 Å². The molecular weight excluding hydrogens is 210 g/mol. The lowest BCUT2D eigenvalue weighted by molar-refractivity contribution is -0.125. The third kappa shape index (κ3) is 2.36. The van der Waals surface area contributed by atoms with E-state index in [2.05, 4.69) is 30.4 Å². The van der Waals surface area contributed by atoms with Gasteiger partial charge in [0.15, 0.2) is 0 Å². The molecule has 2 heteroatoms. The summed E-state index contributed by atoms with van der Waals surface area (Å²) in [7, 11) is 0. The molecule has 2 aliphatic rings. The van der Waals surface area contributed by atoms with Crippen LogP contribution in [0.4, 0.5) is 0 Å². The number of carbonyl (C=O) groups excluding carboxylic acids is 1. The first-order valence-electron chi connectivity index (χ1n) is 6.55. The van der Waals surface area contributed by atoms with Crippen LogP contribution in [0, 0.1) is 24.7 Å². The van der Waals surface area contributed by atoms with Gasteiger partial charge in [-0.1, -0.05) is 29.8 Å². The van der Waals surface area contributed by atoms with Crippen molar-refractivity contribution in [2.75, 3.05) is 0 Å². The SMILES string of the molecule is Cc1cccc(CNC(=O)C2CC3CC3C2)c1. The van der Waals surface area contributed by atoms with E-state index in [0.717, 1.165) is 24.7 Å². The largest absolute Gasteiger partial charge is 0.352 e. The van der Waals surface area contributed by atoms with Gasteiger partial charge in [0.1, 0.15) is 0 Å². The normalized spacial score (nSPS) is 29.8. The van der Waals surface area contributed by atoms with Gasteiger partial charge in [-0.2, -0.15) is 0 Å². The van der Waals surface area contributed by atoms with Crippen LogP contribution in [0.1, 0.15) is 30.4 Å². The molecule has 1 amide bonds. The smallest absolute Gasteiger partial charge is 0.223 e. The third-order valence-electron chi connectivity index (χ3n) is 4.16. The van der Waals surface area contributed by atoms with Crippen LogP contribution in [0.15, 0.2) is 24.3 Å². The van der Waals surface area contributed by atoms with Gasteiger partial charge in [0, 0.05) is 12.5 Å². The highest BCUT2D eigenvalue weighted by atomic mass is 16.1. The fourth-order valence-corrected chi connectivity index (χ4v) is 3.08. The summed E-state index contributed by atoms with van der Waals surface area (Å²) in [5.74, 6) is 2.32. The van der Waals surface area contributed by atoms with Crippen molar-refractivity contribution >= 4 is 5.91 Å². The third-order valence-corrected chi connectivity index (χ3v) is 4.16. The number of nitrogens with one attached hydrogen (secondary N) is 1. The van der Waals surface area contributed by atoms with E-state index in [0.29, 0.717) is 12.5 Å². The van der Waals surface area contributed by atoms with Crippen LogP contribution in [-0.4, -0.2) is 5.91 Å². The summed E-state index contributed by atoms with van der Waals surface area (Å²) >= 11 is 0. The second-order valence-electron chi connectivity index (χ2n) is 5.63. The van der Waals surface area contributed by atoms with Gasteiger partial charge in [0.05, 0.1) is 0 Å². The molecule has 2 fully saturated rings. The lowest BCUT2D eigenvalue weighted by Crippen LogP contribution is -2.29. The first-order valence-corrected chi connectivity index (χ1v) is 6.55. The van der Waals surface area contributed by atoms with Crippen LogP contribution in [0.3, 0.4) is 0 Å². The highest BCUT2D eigenvalue weighted by molar-refractivity contribution is 5.79. The quantitative estimate of drug-likeness (QED) is 0.848. The van der Waals surface area contributed by atoms with Crippen molar-refractivity contribution in [3.63, 3.8) is 0 Å². The van der Waals surface area contributed by atoms with Crippen LogP contribution in [0.5, 0.6) is 0 Å². The topological polar surface area (TPSA) is 29.1 Å². The first kappa shape index (κ1) is 10.8. The maximum absolute atomic E-state index is 12.0. The van der Waals surface area contributed by atoms with Gasteiger partial charge < -0.3 is 5.32 Å². The van der Waals surface area contributed by atoms with Crippen molar-refractivity contribution in [2.24, 2.45) is 17.8 Å². The average Bonchev–Trinajstić information content (AvgIpc) is 2.93. The molecule has 1 aromatic rings. The van der Waals surface area contributed by atoms with Gasteiger partial charge in [-0.3, -0.25) is 4.79 Å². The molecule has 0 bridgehead atoms. The summed E-state index contributed by atoms with van der Waals surface area (Å²) in [5, 5.41) is 3.07. The second kappa shape index (κ2) is 4.17. The van der Waals surface area contributed by atoms with Gasteiger partial charge in [0.2, 0.25) is 5.91 Å². The van der Waals surface area contributed by atoms with Crippen LogP contribution in [0.2, 0.25) is 0 Å². The van der Waals surface area contributed by atoms with Crippen LogP contribution in [-0.2, 0) is 11.3 Å². The lowest BCUT2D eigenvalue weighted by Gasteiger charge is -2.12. The molecule has 17 heavy (non-hydrogen) atoms. The summed E-state index contributed by atoms with van der Waals surface area (Å²) < 4.78 is 0. The van der Waals surface area contributed by atoms with E-state index in [1.807, 2.05) is 6.07 Å². The van der Waals surface area contributed by atoms with E-state index in [-0.39, 0.29) is 5.91 Å². The Hall–Kier alpha value is -1.31. The van der Waals surface area contributed by atoms with Gasteiger partial charge in [-0.25, -0.2) is 0 Å². The molecule has 2 aliphatic carbocycles. The van der Waals surface area contributed by atoms with Crippen molar-refractivity contribution in [1.82, 2.24) is 5.32 Å². The predicted molar refractivity (Wildman–Crippen MR) is 67.3 cm³/mol. The van der Waals surface area contributed by atoms with E-state index in [4.69, 9.17) is 0 Å². The molecule has 0 heterocycles. The van der Waals surface area contributed by atoms with Crippen molar-refractivity contribution < 1.29 is 4.79 Å². The Balaban J connectivity index is 1.52. The van der Waals surface area contributed by atoms with E-state index in [9.17, 15) is 4.79 Å².